The molecule has 2 nitrogen and oxygen atoms in total. The minimum absolute atomic E-state index is 0.271. The van der Waals surface area contributed by atoms with Crippen molar-refractivity contribution in [3.8, 4) is 0 Å². The molecule has 0 aromatic heterocycles. The van der Waals surface area contributed by atoms with E-state index in [1.165, 1.54) is 5.56 Å². The number of hydrogen-bond acceptors (Lipinski definition) is 2. The van der Waals surface area contributed by atoms with E-state index in [0.29, 0.717) is 13.0 Å². The lowest BCUT2D eigenvalue weighted by molar-refractivity contribution is -0.117. The number of anilines is 1. The number of rotatable bonds is 4. The number of carbonyl (C=O) groups is 1. The molecule has 0 heterocycles. The summed E-state index contributed by atoms with van der Waals surface area (Å²) in [5, 5.41) is 0. The number of aryl methyl sites for hydroxylation is 1. The van der Waals surface area contributed by atoms with Gasteiger partial charge < -0.3 is 4.90 Å². The van der Waals surface area contributed by atoms with Crippen molar-refractivity contribution >= 4 is 11.5 Å². The normalized spacial score (nSPS) is 9.93. The van der Waals surface area contributed by atoms with Gasteiger partial charge in [0, 0.05) is 19.2 Å². The van der Waals surface area contributed by atoms with Gasteiger partial charge in [-0.05, 0) is 19.1 Å². The van der Waals surface area contributed by atoms with Crippen LogP contribution >= 0.6 is 0 Å². The van der Waals surface area contributed by atoms with Crippen LogP contribution in [0.2, 0.25) is 0 Å². The Morgan fingerprint density at radius 2 is 1.86 bits per heavy atom. The van der Waals surface area contributed by atoms with E-state index in [2.05, 4.69) is 19.1 Å². The van der Waals surface area contributed by atoms with Crippen LogP contribution in [0.15, 0.2) is 24.3 Å². The zero-order chi connectivity index (χ0) is 10.6. The molecule has 1 aromatic carbocycles. The lowest BCUT2D eigenvalue weighted by Gasteiger charge is -2.18. The van der Waals surface area contributed by atoms with Crippen LogP contribution in [0.1, 0.15) is 18.9 Å². The molecule has 0 fully saturated rings. The Kier molecular flexibility index (Phi) is 3.69. The predicted molar refractivity (Wildman–Crippen MR) is 59.7 cm³/mol. The molecule has 0 radical (unpaired) electrons. The molecular weight excluding hydrogens is 174 g/mol. The van der Waals surface area contributed by atoms with Gasteiger partial charge in [-0.3, -0.25) is 4.79 Å². The van der Waals surface area contributed by atoms with E-state index in [9.17, 15) is 4.79 Å². The smallest absolute Gasteiger partial charge is 0.151 e. The molecule has 0 aliphatic heterocycles. The van der Waals surface area contributed by atoms with E-state index in [0.717, 1.165) is 5.69 Å². The molecule has 0 spiro atoms. The summed E-state index contributed by atoms with van der Waals surface area (Å²) in [6.45, 7) is 4.45. The van der Waals surface area contributed by atoms with Crippen LogP contribution in [0.3, 0.4) is 0 Å². The molecule has 0 aliphatic carbocycles. The maximum atomic E-state index is 11.2. The first kappa shape index (κ1) is 10.8. The van der Waals surface area contributed by atoms with Gasteiger partial charge in [0.15, 0.2) is 5.78 Å². The summed E-state index contributed by atoms with van der Waals surface area (Å²) >= 11 is 0. The Balaban J connectivity index is 2.65. The van der Waals surface area contributed by atoms with E-state index in [-0.39, 0.29) is 5.78 Å². The Morgan fingerprint density at radius 1 is 1.29 bits per heavy atom. The van der Waals surface area contributed by atoms with Crippen LogP contribution in [0.4, 0.5) is 5.69 Å². The van der Waals surface area contributed by atoms with E-state index in [4.69, 9.17) is 0 Å². The van der Waals surface area contributed by atoms with E-state index in [1.807, 2.05) is 31.0 Å². The van der Waals surface area contributed by atoms with E-state index in [1.54, 1.807) is 0 Å². The second-order valence-electron chi connectivity index (χ2n) is 3.58. The highest BCUT2D eigenvalue weighted by Gasteiger charge is 2.04. The average molecular weight is 191 g/mol. The number of carbonyl (C=O) groups excluding carboxylic acids is 1. The van der Waals surface area contributed by atoms with Crippen LogP contribution in [0.5, 0.6) is 0 Å². The minimum atomic E-state index is 0.271. The van der Waals surface area contributed by atoms with Gasteiger partial charge in [-0.25, -0.2) is 0 Å². The van der Waals surface area contributed by atoms with Crippen molar-refractivity contribution in [1.29, 1.82) is 0 Å². The Labute approximate surface area is 85.5 Å². The molecule has 1 rings (SSSR count). The Bertz CT molecular complexity index is 303. The topological polar surface area (TPSA) is 20.3 Å². The number of likely N-dealkylation sites (N-methyl/N-ethyl adjacent to an activating group) is 1. The van der Waals surface area contributed by atoms with Crippen molar-refractivity contribution in [3.05, 3.63) is 29.8 Å². The van der Waals surface area contributed by atoms with Gasteiger partial charge >= 0.3 is 0 Å². The summed E-state index contributed by atoms with van der Waals surface area (Å²) in [6, 6.07) is 8.20. The molecule has 1 aromatic rings. The number of nitrogens with zero attached hydrogens (tertiary/aromatic N) is 1. The lowest BCUT2D eigenvalue weighted by Crippen LogP contribution is -2.24. The average Bonchev–Trinajstić information content (AvgIpc) is 2.18. The van der Waals surface area contributed by atoms with Gasteiger partial charge in [-0.1, -0.05) is 24.6 Å². The SMILES string of the molecule is CCC(=O)CN(C)c1ccc(C)cc1. The fraction of sp³-hybridized carbons (Fsp3) is 0.417. The van der Waals surface area contributed by atoms with Gasteiger partial charge in [0.25, 0.3) is 0 Å². The van der Waals surface area contributed by atoms with Crippen molar-refractivity contribution in [3.63, 3.8) is 0 Å². The van der Waals surface area contributed by atoms with Gasteiger partial charge in [0.05, 0.1) is 6.54 Å². The number of ketones is 1. The third-order valence-electron chi connectivity index (χ3n) is 2.28. The van der Waals surface area contributed by atoms with Crippen LogP contribution in [0, 0.1) is 6.92 Å². The highest BCUT2D eigenvalue weighted by Crippen LogP contribution is 2.12. The van der Waals surface area contributed by atoms with Crippen molar-refractivity contribution in [2.45, 2.75) is 20.3 Å². The molecule has 0 aliphatic rings. The second kappa shape index (κ2) is 4.80. The molecule has 0 N–H and O–H groups in total. The van der Waals surface area contributed by atoms with Gasteiger partial charge in [-0.15, -0.1) is 0 Å². The highest BCUT2D eigenvalue weighted by molar-refractivity contribution is 5.83. The first-order valence-corrected chi connectivity index (χ1v) is 4.93. The maximum absolute atomic E-state index is 11.2. The fourth-order valence-corrected chi connectivity index (χ4v) is 1.27. The summed E-state index contributed by atoms with van der Waals surface area (Å²) in [5.41, 5.74) is 2.33. The first-order chi connectivity index (χ1) is 6.63. The van der Waals surface area contributed by atoms with E-state index < -0.39 is 0 Å². The summed E-state index contributed by atoms with van der Waals surface area (Å²) in [4.78, 5) is 13.2. The zero-order valence-corrected chi connectivity index (χ0v) is 9.08. The maximum Gasteiger partial charge on any atom is 0.151 e. The van der Waals surface area contributed by atoms with Crippen LogP contribution in [0.25, 0.3) is 0 Å². The van der Waals surface area contributed by atoms with Gasteiger partial charge in [0.1, 0.15) is 0 Å². The second-order valence-corrected chi connectivity index (χ2v) is 3.58. The monoisotopic (exact) mass is 191 g/mol. The van der Waals surface area contributed by atoms with Crippen molar-refractivity contribution < 1.29 is 4.79 Å². The largest absolute Gasteiger partial charge is 0.367 e. The van der Waals surface area contributed by atoms with Crippen LogP contribution in [-0.4, -0.2) is 19.4 Å². The predicted octanol–water partition coefficient (Wildman–Crippen LogP) is 2.41. The fourth-order valence-electron chi connectivity index (χ4n) is 1.27. The molecule has 0 bridgehead atoms. The minimum Gasteiger partial charge on any atom is -0.367 e. The van der Waals surface area contributed by atoms with Crippen LogP contribution in [-0.2, 0) is 4.79 Å². The standard InChI is InChI=1S/C12H17NO/c1-4-12(14)9-13(3)11-7-5-10(2)6-8-11/h5-8H,4,9H2,1-3H3. The highest BCUT2D eigenvalue weighted by atomic mass is 16.1. The lowest BCUT2D eigenvalue weighted by atomic mass is 10.2. The third-order valence-corrected chi connectivity index (χ3v) is 2.28. The first-order valence-electron chi connectivity index (χ1n) is 4.93. The number of Topliss-reactive ketones (excluding diaryl/α,β-unsaturated/α-hetero) is 1. The quantitative estimate of drug-likeness (QED) is 0.728. The molecule has 0 unspecified atom stereocenters. The molecule has 2 heteroatoms. The zero-order valence-electron chi connectivity index (χ0n) is 9.08. The van der Waals surface area contributed by atoms with Crippen LogP contribution < -0.4 is 4.90 Å². The van der Waals surface area contributed by atoms with Crippen molar-refractivity contribution in [2.24, 2.45) is 0 Å². The summed E-state index contributed by atoms with van der Waals surface area (Å²) in [7, 11) is 1.94. The Morgan fingerprint density at radius 3 is 2.36 bits per heavy atom. The molecule has 76 valence electrons. The third kappa shape index (κ3) is 2.87. The van der Waals surface area contributed by atoms with Gasteiger partial charge in [-0.2, -0.15) is 0 Å². The molecule has 0 saturated carbocycles. The van der Waals surface area contributed by atoms with Crippen molar-refractivity contribution in [2.75, 3.05) is 18.5 Å². The molecule has 14 heavy (non-hydrogen) atoms. The summed E-state index contributed by atoms with van der Waals surface area (Å²) < 4.78 is 0. The van der Waals surface area contributed by atoms with E-state index >= 15 is 0 Å². The number of hydrogen-bond donors (Lipinski definition) is 0. The number of benzene rings is 1. The molecular formula is C12H17NO. The summed E-state index contributed by atoms with van der Waals surface area (Å²) in [6.07, 6.45) is 0.607. The molecule has 0 atom stereocenters. The Hall–Kier alpha value is -1.31. The molecule has 0 saturated heterocycles. The van der Waals surface area contributed by atoms with Crippen molar-refractivity contribution in [1.82, 2.24) is 0 Å². The van der Waals surface area contributed by atoms with Gasteiger partial charge in [0.2, 0.25) is 0 Å². The molecule has 0 amide bonds. The summed E-state index contributed by atoms with van der Waals surface area (Å²) in [5.74, 6) is 0.271.